The van der Waals surface area contributed by atoms with E-state index in [-0.39, 0.29) is 12.5 Å². The van der Waals surface area contributed by atoms with Crippen LogP contribution in [0.25, 0.3) is 0 Å². The molecule has 1 aromatic rings. The van der Waals surface area contributed by atoms with E-state index in [0.717, 1.165) is 0 Å². The van der Waals surface area contributed by atoms with Crippen LogP contribution in [0.1, 0.15) is 27.7 Å². The molecule has 0 aliphatic rings. The first-order valence-electron chi connectivity index (χ1n) is 6.14. The highest BCUT2D eigenvalue weighted by Gasteiger charge is 2.36. The molecule has 2 N–H and O–H groups in total. The molecule has 1 rings (SSSR count). The maximum atomic E-state index is 11.9. The van der Waals surface area contributed by atoms with Crippen molar-refractivity contribution in [3.05, 3.63) is 28.2 Å². The third-order valence-electron chi connectivity index (χ3n) is 3.23. The normalized spacial score (nSPS) is 12.2. The third-order valence-corrected chi connectivity index (χ3v) is 3.78. The molecular formula is C14H19Cl2NO3. The van der Waals surface area contributed by atoms with Gasteiger partial charge in [-0.25, -0.2) is 0 Å². The Morgan fingerprint density at radius 3 is 2.45 bits per heavy atom. The molecule has 6 heteroatoms. The molecule has 0 aliphatic heterocycles. The second-order valence-corrected chi connectivity index (χ2v) is 6.44. The van der Waals surface area contributed by atoms with Crippen LogP contribution in [0.4, 0.5) is 0 Å². The minimum absolute atomic E-state index is 0.209. The number of aliphatic hydroxyl groups is 1. The lowest BCUT2D eigenvalue weighted by Gasteiger charge is -2.37. The van der Waals surface area contributed by atoms with E-state index >= 15 is 0 Å². The predicted octanol–water partition coefficient (Wildman–Crippen LogP) is 3.04. The minimum Gasteiger partial charge on any atom is -0.482 e. The van der Waals surface area contributed by atoms with Crippen LogP contribution in [-0.4, -0.2) is 28.8 Å². The van der Waals surface area contributed by atoms with E-state index < -0.39 is 11.1 Å². The summed E-state index contributed by atoms with van der Waals surface area (Å²) in [6, 6.07) is 4.77. The van der Waals surface area contributed by atoms with Crippen molar-refractivity contribution in [3.8, 4) is 5.75 Å². The number of hydrogen-bond donors (Lipinski definition) is 2. The summed E-state index contributed by atoms with van der Waals surface area (Å²) in [4.78, 5) is 11.9. The van der Waals surface area contributed by atoms with Crippen molar-refractivity contribution in [1.82, 2.24) is 5.32 Å². The average Bonchev–Trinajstić information content (AvgIpc) is 2.28. The van der Waals surface area contributed by atoms with Gasteiger partial charge in [-0.05, 0) is 39.8 Å². The lowest BCUT2D eigenvalue weighted by molar-refractivity contribution is -0.128. The van der Waals surface area contributed by atoms with E-state index in [4.69, 9.17) is 27.9 Å². The van der Waals surface area contributed by atoms with Crippen molar-refractivity contribution in [1.29, 1.82) is 0 Å². The van der Waals surface area contributed by atoms with Gasteiger partial charge in [-0.15, -0.1) is 0 Å². The van der Waals surface area contributed by atoms with E-state index in [9.17, 15) is 9.90 Å². The Balaban J connectivity index is 2.62. The van der Waals surface area contributed by atoms with Gasteiger partial charge in [0.15, 0.2) is 6.61 Å². The van der Waals surface area contributed by atoms with Crippen molar-refractivity contribution < 1.29 is 14.6 Å². The first-order valence-corrected chi connectivity index (χ1v) is 6.90. The lowest BCUT2D eigenvalue weighted by Crippen LogP contribution is -2.58. The van der Waals surface area contributed by atoms with Crippen LogP contribution in [0.15, 0.2) is 18.2 Å². The highest BCUT2D eigenvalue weighted by Crippen LogP contribution is 2.27. The number of nitrogens with one attached hydrogen (secondary N) is 1. The third kappa shape index (κ3) is 4.54. The summed E-state index contributed by atoms with van der Waals surface area (Å²) in [7, 11) is 0. The molecule has 0 aliphatic carbocycles. The molecule has 1 aromatic carbocycles. The molecule has 0 radical (unpaired) electrons. The number of carbonyl (C=O) groups excluding carboxylic acids is 1. The number of ether oxygens (including phenoxy) is 1. The van der Waals surface area contributed by atoms with Crippen LogP contribution in [0.3, 0.4) is 0 Å². The van der Waals surface area contributed by atoms with Crippen LogP contribution in [0.2, 0.25) is 10.0 Å². The number of halogens is 2. The van der Waals surface area contributed by atoms with Gasteiger partial charge in [-0.1, -0.05) is 23.2 Å². The van der Waals surface area contributed by atoms with Crippen molar-refractivity contribution in [2.45, 2.75) is 38.8 Å². The Labute approximate surface area is 129 Å². The fourth-order valence-electron chi connectivity index (χ4n) is 1.27. The number of amides is 1. The molecular weight excluding hydrogens is 301 g/mol. The molecule has 0 aromatic heterocycles. The van der Waals surface area contributed by atoms with Gasteiger partial charge < -0.3 is 15.2 Å². The number of hydrogen-bond acceptors (Lipinski definition) is 3. The van der Waals surface area contributed by atoms with Gasteiger partial charge in [-0.3, -0.25) is 4.79 Å². The van der Waals surface area contributed by atoms with E-state index in [1.165, 1.54) is 6.07 Å². The van der Waals surface area contributed by atoms with Crippen LogP contribution >= 0.6 is 23.2 Å². The molecule has 112 valence electrons. The molecule has 0 heterocycles. The summed E-state index contributed by atoms with van der Waals surface area (Å²) in [6.45, 7) is 6.51. The van der Waals surface area contributed by atoms with Gasteiger partial charge in [0.1, 0.15) is 5.75 Å². The van der Waals surface area contributed by atoms with Gasteiger partial charge in [0, 0.05) is 11.1 Å². The standard InChI is InChI=1S/C14H19Cl2NO3/c1-13(2,14(3,4)19)17-12(18)8-20-11-7-9(15)5-6-10(11)16/h5-7,19H,8H2,1-4H3,(H,17,18). The zero-order valence-corrected chi connectivity index (χ0v) is 13.5. The molecule has 0 spiro atoms. The smallest absolute Gasteiger partial charge is 0.258 e. The molecule has 4 nitrogen and oxygen atoms in total. The monoisotopic (exact) mass is 319 g/mol. The minimum atomic E-state index is -1.06. The molecule has 0 atom stereocenters. The Bertz CT molecular complexity index is 496. The van der Waals surface area contributed by atoms with Crippen molar-refractivity contribution >= 4 is 29.1 Å². The zero-order chi connectivity index (χ0) is 15.6. The van der Waals surface area contributed by atoms with E-state index in [1.807, 2.05) is 0 Å². The summed E-state index contributed by atoms with van der Waals surface area (Å²) in [5, 5.41) is 13.5. The number of rotatable bonds is 5. The molecule has 1 amide bonds. The summed E-state index contributed by atoms with van der Waals surface area (Å²) in [5.41, 5.74) is -1.85. The zero-order valence-electron chi connectivity index (χ0n) is 12.0. The number of carbonyl (C=O) groups is 1. The Morgan fingerprint density at radius 2 is 1.90 bits per heavy atom. The van der Waals surface area contributed by atoms with Crippen molar-refractivity contribution in [3.63, 3.8) is 0 Å². The van der Waals surface area contributed by atoms with Crippen molar-refractivity contribution in [2.24, 2.45) is 0 Å². The van der Waals surface area contributed by atoms with Crippen LogP contribution in [0, 0.1) is 0 Å². The lowest BCUT2D eigenvalue weighted by atomic mass is 9.86. The predicted molar refractivity (Wildman–Crippen MR) is 80.5 cm³/mol. The first kappa shape index (κ1) is 17.1. The van der Waals surface area contributed by atoms with Gasteiger partial charge in [0.05, 0.1) is 16.2 Å². The fourth-order valence-corrected chi connectivity index (χ4v) is 1.60. The second kappa shape index (κ2) is 6.20. The Kier molecular flexibility index (Phi) is 5.30. The van der Waals surface area contributed by atoms with E-state index in [2.05, 4.69) is 5.32 Å². The topological polar surface area (TPSA) is 58.6 Å². The summed E-state index contributed by atoms with van der Waals surface area (Å²) >= 11 is 11.8. The van der Waals surface area contributed by atoms with Gasteiger partial charge in [0.25, 0.3) is 5.91 Å². The SMILES string of the molecule is CC(C)(O)C(C)(C)NC(=O)COc1cc(Cl)ccc1Cl. The van der Waals surface area contributed by atoms with Crippen LogP contribution in [0.5, 0.6) is 5.75 Å². The van der Waals surface area contributed by atoms with Gasteiger partial charge in [0.2, 0.25) is 0 Å². The first-order chi connectivity index (χ1) is 9.03. The molecule has 0 unspecified atom stereocenters. The Hall–Kier alpha value is -0.970. The summed E-state index contributed by atoms with van der Waals surface area (Å²) in [5.74, 6) is -0.0106. The quantitative estimate of drug-likeness (QED) is 0.877. The van der Waals surface area contributed by atoms with Gasteiger partial charge >= 0.3 is 0 Å². The molecule has 0 fully saturated rings. The largest absolute Gasteiger partial charge is 0.482 e. The highest BCUT2D eigenvalue weighted by molar-refractivity contribution is 6.34. The van der Waals surface area contributed by atoms with Crippen LogP contribution in [-0.2, 0) is 4.79 Å². The fraction of sp³-hybridized carbons (Fsp3) is 0.500. The number of benzene rings is 1. The summed E-state index contributed by atoms with van der Waals surface area (Å²) < 4.78 is 5.33. The molecule has 0 saturated carbocycles. The van der Waals surface area contributed by atoms with Crippen LogP contribution < -0.4 is 10.1 Å². The van der Waals surface area contributed by atoms with E-state index in [1.54, 1.807) is 39.8 Å². The van der Waals surface area contributed by atoms with E-state index in [0.29, 0.717) is 15.8 Å². The second-order valence-electron chi connectivity index (χ2n) is 5.60. The molecule has 20 heavy (non-hydrogen) atoms. The maximum absolute atomic E-state index is 11.9. The van der Waals surface area contributed by atoms with Gasteiger partial charge in [-0.2, -0.15) is 0 Å². The Morgan fingerprint density at radius 1 is 1.30 bits per heavy atom. The van der Waals surface area contributed by atoms with Crippen molar-refractivity contribution in [2.75, 3.05) is 6.61 Å². The molecule has 0 saturated heterocycles. The summed E-state index contributed by atoms with van der Waals surface area (Å²) in [6.07, 6.45) is 0. The maximum Gasteiger partial charge on any atom is 0.258 e. The highest BCUT2D eigenvalue weighted by atomic mass is 35.5. The molecule has 0 bridgehead atoms. The average molecular weight is 320 g/mol.